The van der Waals surface area contributed by atoms with E-state index < -0.39 is 0 Å². The predicted octanol–water partition coefficient (Wildman–Crippen LogP) is 3.60. The first-order valence-electron chi connectivity index (χ1n) is 7.24. The van der Waals surface area contributed by atoms with E-state index in [-0.39, 0.29) is 0 Å². The van der Waals surface area contributed by atoms with Gasteiger partial charge in [0.05, 0.1) is 25.4 Å². The third kappa shape index (κ3) is 2.73. The smallest absolute Gasteiger partial charge is 0.162 e. The van der Waals surface area contributed by atoms with Gasteiger partial charge in [0.25, 0.3) is 0 Å². The summed E-state index contributed by atoms with van der Waals surface area (Å²) in [6.45, 7) is 0. The van der Waals surface area contributed by atoms with E-state index in [9.17, 15) is 0 Å². The molecule has 1 aromatic heterocycles. The Morgan fingerprint density at radius 1 is 0.957 bits per heavy atom. The minimum Gasteiger partial charge on any atom is -0.493 e. The molecule has 5 heteroatoms. The van der Waals surface area contributed by atoms with E-state index in [4.69, 9.17) is 15.2 Å². The Bertz CT molecular complexity index is 832. The predicted molar refractivity (Wildman–Crippen MR) is 93.8 cm³/mol. The molecular formula is C18H19N3O2. The molecule has 1 heterocycles. The molecule has 3 rings (SSSR count). The number of hydrogen-bond donors (Lipinski definition) is 1. The number of nitrogens with zero attached hydrogens (tertiary/aromatic N) is 2. The molecule has 0 spiro atoms. The van der Waals surface area contributed by atoms with Gasteiger partial charge in [0.2, 0.25) is 0 Å². The summed E-state index contributed by atoms with van der Waals surface area (Å²) in [5.41, 5.74) is 9.43. The van der Waals surface area contributed by atoms with Gasteiger partial charge in [-0.05, 0) is 36.4 Å². The summed E-state index contributed by atoms with van der Waals surface area (Å²) in [7, 11) is 5.26. The molecule has 23 heavy (non-hydrogen) atoms. The monoisotopic (exact) mass is 309 g/mol. The van der Waals surface area contributed by atoms with Crippen LogP contribution in [0, 0.1) is 0 Å². The van der Waals surface area contributed by atoms with E-state index in [2.05, 4.69) is 9.88 Å². The first kappa shape index (κ1) is 15.0. The summed E-state index contributed by atoms with van der Waals surface area (Å²) in [6, 6.07) is 13.6. The van der Waals surface area contributed by atoms with Crippen LogP contribution in [-0.2, 0) is 0 Å². The number of nitrogens with two attached hydrogens (primary N) is 1. The lowest BCUT2D eigenvalue weighted by molar-refractivity contribution is 0.356. The van der Waals surface area contributed by atoms with Crippen LogP contribution in [0.3, 0.4) is 0 Å². The van der Waals surface area contributed by atoms with Gasteiger partial charge in [0.15, 0.2) is 11.5 Å². The molecule has 0 saturated carbocycles. The fraction of sp³-hybridized carbons (Fsp3) is 0.167. The molecule has 0 fully saturated rings. The Morgan fingerprint density at radius 3 is 2.26 bits per heavy atom. The Hall–Kier alpha value is -2.95. The van der Waals surface area contributed by atoms with Crippen molar-refractivity contribution in [1.82, 2.24) is 4.98 Å². The van der Waals surface area contributed by atoms with E-state index >= 15 is 0 Å². The Morgan fingerprint density at radius 2 is 1.61 bits per heavy atom. The van der Waals surface area contributed by atoms with Crippen molar-refractivity contribution in [3.8, 4) is 11.5 Å². The molecule has 2 N–H and O–H groups in total. The number of pyridine rings is 1. The number of anilines is 3. The average Bonchev–Trinajstić information content (AvgIpc) is 2.60. The number of rotatable bonds is 4. The lowest BCUT2D eigenvalue weighted by atomic mass is 10.1. The van der Waals surface area contributed by atoms with E-state index in [0.29, 0.717) is 11.5 Å². The molecular weight excluding hydrogens is 290 g/mol. The highest BCUT2D eigenvalue weighted by Gasteiger charge is 2.13. The molecule has 0 unspecified atom stereocenters. The van der Waals surface area contributed by atoms with Crippen LogP contribution in [0.4, 0.5) is 17.1 Å². The fourth-order valence-corrected chi connectivity index (χ4v) is 2.59. The Labute approximate surface area is 135 Å². The van der Waals surface area contributed by atoms with Crippen LogP contribution in [0.15, 0.2) is 48.7 Å². The molecule has 0 saturated heterocycles. The van der Waals surface area contributed by atoms with Crippen LogP contribution in [0.1, 0.15) is 0 Å². The van der Waals surface area contributed by atoms with Crippen LogP contribution in [-0.4, -0.2) is 26.3 Å². The largest absolute Gasteiger partial charge is 0.493 e. The van der Waals surface area contributed by atoms with Crippen LogP contribution < -0.4 is 20.1 Å². The summed E-state index contributed by atoms with van der Waals surface area (Å²) < 4.78 is 10.8. The highest BCUT2D eigenvalue weighted by atomic mass is 16.5. The fourth-order valence-electron chi connectivity index (χ4n) is 2.59. The topological polar surface area (TPSA) is 60.6 Å². The molecule has 2 aromatic carbocycles. The zero-order valence-corrected chi connectivity index (χ0v) is 13.4. The van der Waals surface area contributed by atoms with E-state index in [0.717, 1.165) is 28.0 Å². The molecule has 118 valence electrons. The van der Waals surface area contributed by atoms with Gasteiger partial charge in [0, 0.05) is 36.1 Å². The zero-order valence-electron chi connectivity index (χ0n) is 13.4. The van der Waals surface area contributed by atoms with Gasteiger partial charge in [-0.3, -0.25) is 4.98 Å². The quantitative estimate of drug-likeness (QED) is 0.746. The summed E-state index contributed by atoms with van der Waals surface area (Å²) in [5.74, 6) is 1.35. The second-order valence-electron chi connectivity index (χ2n) is 5.20. The average molecular weight is 309 g/mol. The van der Waals surface area contributed by atoms with Crippen molar-refractivity contribution in [2.75, 3.05) is 31.9 Å². The van der Waals surface area contributed by atoms with Crippen LogP contribution in [0.25, 0.3) is 10.9 Å². The van der Waals surface area contributed by atoms with Crippen LogP contribution in [0.2, 0.25) is 0 Å². The second kappa shape index (κ2) is 6.04. The zero-order chi connectivity index (χ0) is 16.4. The van der Waals surface area contributed by atoms with Crippen molar-refractivity contribution in [3.63, 3.8) is 0 Å². The third-order valence-corrected chi connectivity index (χ3v) is 3.87. The number of benzene rings is 2. The number of fused-ring (bicyclic) bond motifs is 1. The van der Waals surface area contributed by atoms with Gasteiger partial charge < -0.3 is 20.1 Å². The molecule has 0 aliphatic rings. The van der Waals surface area contributed by atoms with Gasteiger partial charge in [-0.25, -0.2) is 0 Å². The summed E-state index contributed by atoms with van der Waals surface area (Å²) in [5, 5.41) is 0.990. The maximum Gasteiger partial charge on any atom is 0.162 e. The van der Waals surface area contributed by atoms with Crippen molar-refractivity contribution in [2.45, 2.75) is 0 Å². The van der Waals surface area contributed by atoms with Crippen LogP contribution >= 0.6 is 0 Å². The summed E-state index contributed by atoms with van der Waals surface area (Å²) in [4.78, 5) is 6.53. The minimum absolute atomic E-state index is 0.666. The molecule has 5 nitrogen and oxygen atoms in total. The number of nitrogen functional groups attached to an aromatic ring is 1. The molecule has 0 atom stereocenters. The molecule has 0 amide bonds. The highest BCUT2D eigenvalue weighted by molar-refractivity contribution is 5.95. The maximum absolute atomic E-state index is 5.77. The number of methoxy groups -OCH3 is 2. The van der Waals surface area contributed by atoms with E-state index in [1.165, 1.54) is 0 Å². The van der Waals surface area contributed by atoms with Crippen LogP contribution in [0.5, 0.6) is 11.5 Å². The lowest BCUT2D eigenvalue weighted by Crippen LogP contribution is -2.10. The molecule has 0 radical (unpaired) electrons. The van der Waals surface area contributed by atoms with Crippen molar-refractivity contribution < 1.29 is 9.47 Å². The van der Waals surface area contributed by atoms with Gasteiger partial charge in [-0.15, -0.1) is 0 Å². The van der Waals surface area contributed by atoms with Crippen molar-refractivity contribution in [1.29, 1.82) is 0 Å². The normalized spacial score (nSPS) is 10.6. The number of aromatic nitrogens is 1. The minimum atomic E-state index is 0.666. The second-order valence-corrected chi connectivity index (χ2v) is 5.20. The Balaban J connectivity index is 2.15. The summed E-state index contributed by atoms with van der Waals surface area (Å²) in [6.07, 6.45) is 1.79. The first-order chi connectivity index (χ1) is 11.1. The number of ether oxygens (including phenoxy) is 2. The first-order valence-corrected chi connectivity index (χ1v) is 7.24. The maximum atomic E-state index is 5.77. The Kier molecular flexibility index (Phi) is 3.93. The van der Waals surface area contributed by atoms with Crippen molar-refractivity contribution in [2.24, 2.45) is 0 Å². The van der Waals surface area contributed by atoms with Gasteiger partial charge in [-0.2, -0.15) is 0 Å². The number of hydrogen-bond acceptors (Lipinski definition) is 5. The molecule has 0 bridgehead atoms. The molecule has 0 aliphatic carbocycles. The molecule has 0 aliphatic heterocycles. The standard InChI is InChI=1S/C18H19N3O2/c1-21(13-6-4-12(19)5-7-13)16-8-9-20-15-11-18(23-3)17(22-2)10-14(15)16/h4-11H,19H2,1-3H3. The van der Waals surface area contributed by atoms with Crippen molar-refractivity contribution in [3.05, 3.63) is 48.7 Å². The van der Waals surface area contributed by atoms with E-state index in [1.54, 1.807) is 20.4 Å². The van der Waals surface area contributed by atoms with Gasteiger partial charge in [-0.1, -0.05) is 0 Å². The molecule has 3 aromatic rings. The highest BCUT2D eigenvalue weighted by Crippen LogP contribution is 2.37. The van der Waals surface area contributed by atoms with E-state index in [1.807, 2.05) is 49.5 Å². The van der Waals surface area contributed by atoms with Crippen molar-refractivity contribution >= 4 is 28.0 Å². The summed E-state index contributed by atoms with van der Waals surface area (Å²) >= 11 is 0. The van der Waals surface area contributed by atoms with Gasteiger partial charge >= 0.3 is 0 Å². The SMILES string of the molecule is COc1cc2nccc(N(C)c3ccc(N)cc3)c2cc1OC. The van der Waals surface area contributed by atoms with Gasteiger partial charge in [0.1, 0.15) is 0 Å². The lowest BCUT2D eigenvalue weighted by Gasteiger charge is -2.22. The third-order valence-electron chi connectivity index (χ3n) is 3.87.